The summed E-state index contributed by atoms with van der Waals surface area (Å²) in [5.41, 5.74) is 0. The lowest BCUT2D eigenvalue weighted by Crippen LogP contribution is -2.51. The van der Waals surface area contributed by atoms with Gasteiger partial charge < -0.3 is 0 Å². The third-order valence-electron chi connectivity index (χ3n) is 1.29. The lowest BCUT2D eigenvalue weighted by Gasteiger charge is -2.25. The van der Waals surface area contributed by atoms with Crippen molar-refractivity contribution in [1.29, 1.82) is 0 Å². The van der Waals surface area contributed by atoms with Crippen molar-refractivity contribution in [3.8, 4) is 0 Å². The molecule has 0 aliphatic heterocycles. The van der Waals surface area contributed by atoms with Crippen LogP contribution in [0.3, 0.4) is 0 Å². The molecule has 0 aromatic heterocycles. The smallest absolute Gasteiger partial charge is 0.254 e. The van der Waals surface area contributed by atoms with E-state index < -0.39 is 36.1 Å². The van der Waals surface area contributed by atoms with Gasteiger partial charge in [0.25, 0.3) is 5.83 Å². The molecule has 2 nitrogen and oxygen atoms in total. The molecule has 0 N–H and O–H groups in total. The highest BCUT2D eigenvalue weighted by Gasteiger charge is 2.68. The third kappa shape index (κ3) is 3.11. The summed E-state index contributed by atoms with van der Waals surface area (Å²) < 4.78 is 121. The zero-order valence-corrected chi connectivity index (χ0v) is 7.60. The van der Waals surface area contributed by atoms with Crippen molar-refractivity contribution in [2.75, 3.05) is 0 Å². The minimum absolute atomic E-state index is 1.78. The van der Waals surface area contributed by atoms with Crippen LogP contribution in [0, 0.1) is 0 Å². The molecule has 0 atom stereocenters. The second kappa shape index (κ2) is 4.74. The fraction of sp³-hybridized carbons (Fsp3) is 0.500. The average Bonchev–Trinajstić information content (AvgIpc) is 2.13. The highest BCUT2D eigenvalue weighted by molar-refractivity contribution is 5.77. The minimum atomic E-state index is -6.55. The van der Waals surface area contributed by atoms with Gasteiger partial charge in [0.15, 0.2) is 0 Å². The van der Waals surface area contributed by atoms with Crippen LogP contribution in [0.25, 0.3) is 0 Å². The molecule has 0 rings (SSSR count). The Hall–Kier alpha value is -1.33. The maximum absolute atomic E-state index is 12.2. The van der Waals surface area contributed by atoms with E-state index in [9.17, 15) is 48.7 Å². The third-order valence-corrected chi connectivity index (χ3v) is 1.29. The molecule has 12 heteroatoms. The first-order valence-corrected chi connectivity index (χ1v) is 3.50. The Bertz CT molecular complexity index is 369. The van der Waals surface area contributed by atoms with E-state index in [0.717, 1.165) is 0 Å². The van der Waals surface area contributed by atoms with Gasteiger partial charge in [0, 0.05) is 0 Å². The van der Waals surface area contributed by atoms with Crippen LogP contribution in [0.1, 0.15) is 0 Å². The van der Waals surface area contributed by atoms with Crippen LogP contribution in [0.2, 0.25) is 0 Å². The van der Waals surface area contributed by atoms with Crippen LogP contribution >= 0.6 is 0 Å². The van der Waals surface area contributed by atoms with Gasteiger partial charge in [-0.25, -0.2) is 4.74 Å². The first-order chi connectivity index (χ1) is 7.75. The molecule has 0 aliphatic carbocycles. The molecule has 0 spiro atoms. The lowest BCUT2D eigenvalue weighted by molar-refractivity contribution is -0.414. The molecule has 0 radical (unpaired) electrons. The Balaban J connectivity index is 5.34. The first kappa shape index (κ1) is 16.7. The van der Waals surface area contributed by atoms with Gasteiger partial charge in [0.1, 0.15) is 0 Å². The van der Waals surface area contributed by atoms with Crippen LogP contribution in [-0.4, -0.2) is 24.2 Å². The monoisotopic (exact) mass is 294 g/mol. The van der Waals surface area contributed by atoms with E-state index in [-0.39, 0.29) is 0 Å². The van der Waals surface area contributed by atoms with Gasteiger partial charge in [-0.2, -0.15) is 43.9 Å². The quantitative estimate of drug-likeness (QED) is 0.574. The Kier molecular flexibility index (Phi) is 4.39. The van der Waals surface area contributed by atoms with Gasteiger partial charge in [0.05, 0.1) is 0 Å². The van der Waals surface area contributed by atoms with Crippen LogP contribution in [-0.2, 0) is 9.53 Å². The molecule has 18 heavy (non-hydrogen) atoms. The van der Waals surface area contributed by atoms with Crippen molar-refractivity contribution < 1.29 is 53.4 Å². The molecule has 0 aromatic carbocycles. The zero-order valence-electron chi connectivity index (χ0n) is 7.60. The number of carbonyl (C=O) groups excluding carboxylic acids is 1. The molecule has 0 heterocycles. The SMILES string of the molecule is O=C(F)C(F)(F)C(F)(F)OC(F)(F)C(F)=C(F)F. The molecule has 0 aliphatic rings. The lowest BCUT2D eigenvalue weighted by atomic mass is 10.3. The van der Waals surface area contributed by atoms with Crippen molar-refractivity contribution >= 4 is 6.04 Å². The molecule has 106 valence electrons. The Labute approximate surface area is 90.8 Å². The second-order valence-electron chi connectivity index (χ2n) is 2.56. The van der Waals surface area contributed by atoms with E-state index in [1.54, 1.807) is 4.74 Å². The summed E-state index contributed by atoms with van der Waals surface area (Å²) in [5.74, 6) is -10.3. The number of rotatable bonds is 5. The fourth-order valence-corrected chi connectivity index (χ4v) is 0.494. The van der Waals surface area contributed by atoms with Gasteiger partial charge in [-0.1, -0.05) is 0 Å². The standard InChI is InChI=1S/C6F10O2/c7-1(2(8)9)5(13,14)18-6(15,16)4(11,12)3(10)17. The second-order valence-corrected chi connectivity index (χ2v) is 2.56. The van der Waals surface area contributed by atoms with Gasteiger partial charge in [-0.05, 0) is 0 Å². The average molecular weight is 294 g/mol. The van der Waals surface area contributed by atoms with Crippen molar-refractivity contribution in [3.63, 3.8) is 0 Å². The number of ether oxygens (including phenoxy) is 1. The van der Waals surface area contributed by atoms with Crippen molar-refractivity contribution in [1.82, 2.24) is 0 Å². The summed E-state index contributed by atoms with van der Waals surface area (Å²) in [7, 11) is 0. The first-order valence-electron chi connectivity index (χ1n) is 3.50. The molecule has 0 saturated carbocycles. The largest absolute Gasteiger partial charge is 0.434 e. The summed E-state index contributed by atoms with van der Waals surface area (Å²) in [6.07, 6.45) is -16.6. The van der Waals surface area contributed by atoms with E-state index in [4.69, 9.17) is 0 Å². The van der Waals surface area contributed by atoms with Crippen LogP contribution < -0.4 is 0 Å². The van der Waals surface area contributed by atoms with Crippen LogP contribution in [0.5, 0.6) is 0 Å². The van der Waals surface area contributed by atoms with E-state index in [1.165, 1.54) is 0 Å². The highest BCUT2D eigenvalue weighted by Crippen LogP contribution is 2.43. The summed E-state index contributed by atoms with van der Waals surface area (Å²) in [6.45, 7) is 0. The van der Waals surface area contributed by atoms with Gasteiger partial charge in [0.2, 0.25) is 0 Å². The summed E-state index contributed by atoms with van der Waals surface area (Å²) in [6, 6.07) is -4.08. The predicted octanol–water partition coefficient (Wildman–Crippen LogP) is 3.40. The summed E-state index contributed by atoms with van der Waals surface area (Å²) >= 11 is 0. The molecular weight excluding hydrogens is 294 g/mol. The fourth-order valence-electron chi connectivity index (χ4n) is 0.494. The summed E-state index contributed by atoms with van der Waals surface area (Å²) in [5, 5.41) is 0. The van der Waals surface area contributed by atoms with Crippen LogP contribution in [0.15, 0.2) is 11.9 Å². The number of carbonyl (C=O) groups is 1. The number of hydrogen-bond donors (Lipinski definition) is 0. The molecule has 0 bridgehead atoms. The molecule has 0 unspecified atom stereocenters. The van der Waals surface area contributed by atoms with E-state index in [1.807, 2.05) is 0 Å². The number of halogens is 10. The Morgan fingerprint density at radius 2 is 1.22 bits per heavy atom. The highest BCUT2D eigenvalue weighted by atomic mass is 19.3. The van der Waals surface area contributed by atoms with Crippen LogP contribution in [0.4, 0.5) is 43.9 Å². The molecule has 0 saturated heterocycles. The van der Waals surface area contributed by atoms with E-state index in [0.29, 0.717) is 0 Å². The molecule has 0 fully saturated rings. The van der Waals surface area contributed by atoms with Crippen molar-refractivity contribution in [3.05, 3.63) is 11.9 Å². The van der Waals surface area contributed by atoms with Gasteiger partial charge >= 0.3 is 30.3 Å². The predicted molar refractivity (Wildman–Crippen MR) is 32.4 cm³/mol. The summed E-state index contributed by atoms with van der Waals surface area (Å²) in [4.78, 5) is 9.43. The van der Waals surface area contributed by atoms with Crippen molar-refractivity contribution in [2.45, 2.75) is 18.1 Å². The minimum Gasteiger partial charge on any atom is -0.254 e. The van der Waals surface area contributed by atoms with E-state index >= 15 is 0 Å². The Morgan fingerprint density at radius 3 is 1.50 bits per heavy atom. The molecule has 0 amide bonds. The van der Waals surface area contributed by atoms with E-state index in [2.05, 4.69) is 0 Å². The molecular formula is C6F10O2. The normalized spacial score (nSPS) is 13.4. The maximum atomic E-state index is 12.2. The van der Waals surface area contributed by atoms with Crippen molar-refractivity contribution in [2.24, 2.45) is 0 Å². The topological polar surface area (TPSA) is 26.3 Å². The van der Waals surface area contributed by atoms with Gasteiger partial charge in [-0.3, -0.25) is 4.79 Å². The Morgan fingerprint density at radius 1 is 0.833 bits per heavy atom. The van der Waals surface area contributed by atoms with Gasteiger partial charge in [-0.15, -0.1) is 0 Å². The zero-order chi connectivity index (χ0) is 14.9. The maximum Gasteiger partial charge on any atom is 0.434 e. The number of alkyl halides is 6. The molecule has 0 aromatic rings. The number of hydrogen-bond acceptors (Lipinski definition) is 2.